The molecule has 3 atom stereocenters. The standard InChI is InChI=1S/C12H18N4O/c13-12(10-6-14-3-4-15-10)11-7-16-5-1-2-9(16)8-17-11/h3-4,6,9,11-12H,1-2,5,7-8,13H2. The zero-order valence-corrected chi connectivity index (χ0v) is 9.83. The van der Waals surface area contributed by atoms with Crippen LogP contribution in [0.5, 0.6) is 0 Å². The Morgan fingerprint density at radius 3 is 3.24 bits per heavy atom. The van der Waals surface area contributed by atoms with Crippen molar-refractivity contribution in [3.8, 4) is 0 Å². The van der Waals surface area contributed by atoms with Gasteiger partial charge in [0.25, 0.3) is 0 Å². The van der Waals surface area contributed by atoms with E-state index in [4.69, 9.17) is 10.5 Å². The number of hydrogen-bond acceptors (Lipinski definition) is 5. The molecule has 0 radical (unpaired) electrons. The molecule has 0 aromatic carbocycles. The molecule has 2 aliphatic rings. The van der Waals surface area contributed by atoms with Crippen LogP contribution in [0.1, 0.15) is 24.6 Å². The summed E-state index contributed by atoms with van der Waals surface area (Å²) in [5.41, 5.74) is 7.01. The van der Waals surface area contributed by atoms with E-state index in [1.165, 1.54) is 19.4 Å². The van der Waals surface area contributed by atoms with E-state index in [-0.39, 0.29) is 12.1 Å². The minimum atomic E-state index is -0.176. The highest BCUT2D eigenvalue weighted by Gasteiger charge is 2.35. The Hall–Kier alpha value is -1.04. The average molecular weight is 234 g/mol. The van der Waals surface area contributed by atoms with Crippen molar-refractivity contribution in [3.63, 3.8) is 0 Å². The minimum absolute atomic E-state index is 0.0426. The third-order valence-electron chi connectivity index (χ3n) is 3.74. The second-order valence-corrected chi connectivity index (χ2v) is 4.82. The number of aromatic nitrogens is 2. The van der Waals surface area contributed by atoms with E-state index in [1.807, 2.05) is 0 Å². The van der Waals surface area contributed by atoms with E-state index in [1.54, 1.807) is 18.6 Å². The fourth-order valence-electron chi connectivity index (χ4n) is 2.73. The van der Waals surface area contributed by atoms with Crippen LogP contribution in [0.15, 0.2) is 18.6 Å². The lowest BCUT2D eigenvalue weighted by Crippen LogP contribution is -2.49. The Bertz CT molecular complexity index is 372. The number of nitrogens with zero attached hydrogens (tertiary/aromatic N) is 3. The second-order valence-electron chi connectivity index (χ2n) is 4.82. The van der Waals surface area contributed by atoms with Crippen LogP contribution in [0.3, 0.4) is 0 Å². The number of morpholine rings is 1. The molecule has 0 spiro atoms. The van der Waals surface area contributed by atoms with Crippen LogP contribution in [-0.2, 0) is 4.74 Å². The van der Waals surface area contributed by atoms with Gasteiger partial charge in [0.15, 0.2) is 0 Å². The largest absolute Gasteiger partial charge is 0.373 e. The maximum Gasteiger partial charge on any atom is 0.0911 e. The number of nitrogens with two attached hydrogens (primary N) is 1. The molecule has 1 aromatic rings. The van der Waals surface area contributed by atoms with Gasteiger partial charge >= 0.3 is 0 Å². The quantitative estimate of drug-likeness (QED) is 0.799. The molecule has 0 bridgehead atoms. The molecule has 0 aliphatic carbocycles. The Labute approximate surface area is 101 Å². The zero-order chi connectivity index (χ0) is 11.7. The van der Waals surface area contributed by atoms with Gasteiger partial charge < -0.3 is 10.5 Å². The van der Waals surface area contributed by atoms with Crippen LogP contribution in [0.4, 0.5) is 0 Å². The van der Waals surface area contributed by atoms with Gasteiger partial charge in [0, 0.05) is 25.0 Å². The molecule has 5 nitrogen and oxygen atoms in total. The molecule has 2 fully saturated rings. The van der Waals surface area contributed by atoms with Crippen LogP contribution in [-0.4, -0.2) is 46.7 Å². The van der Waals surface area contributed by atoms with E-state index >= 15 is 0 Å². The Morgan fingerprint density at radius 1 is 1.47 bits per heavy atom. The normalized spacial score (nSPS) is 31.1. The predicted molar refractivity (Wildman–Crippen MR) is 63.3 cm³/mol. The summed E-state index contributed by atoms with van der Waals surface area (Å²) in [6.07, 6.45) is 7.64. The topological polar surface area (TPSA) is 64.3 Å². The monoisotopic (exact) mass is 234 g/mol. The van der Waals surface area contributed by atoms with Gasteiger partial charge in [0.05, 0.1) is 30.6 Å². The van der Waals surface area contributed by atoms with Gasteiger partial charge in [-0.1, -0.05) is 0 Å². The number of hydrogen-bond donors (Lipinski definition) is 1. The van der Waals surface area contributed by atoms with Gasteiger partial charge in [-0.3, -0.25) is 14.9 Å². The van der Waals surface area contributed by atoms with Crippen molar-refractivity contribution in [3.05, 3.63) is 24.3 Å². The highest BCUT2D eigenvalue weighted by molar-refractivity contribution is 5.05. The summed E-state index contributed by atoms with van der Waals surface area (Å²) in [5, 5.41) is 0. The number of ether oxygens (including phenoxy) is 1. The first-order chi connectivity index (χ1) is 8.34. The first kappa shape index (κ1) is 11.1. The molecule has 2 aliphatic heterocycles. The summed E-state index contributed by atoms with van der Waals surface area (Å²) < 4.78 is 5.87. The summed E-state index contributed by atoms with van der Waals surface area (Å²) >= 11 is 0. The highest BCUT2D eigenvalue weighted by atomic mass is 16.5. The van der Waals surface area contributed by atoms with E-state index in [9.17, 15) is 0 Å². The lowest BCUT2D eigenvalue weighted by Gasteiger charge is -2.37. The lowest BCUT2D eigenvalue weighted by atomic mass is 10.1. The van der Waals surface area contributed by atoms with E-state index in [0.717, 1.165) is 18.8 Å². The van der Waals surface area contributed by atoms with Crippen molar-refractivity contribution in [2.75, 3.05) is 19.7 Å². The molecule has 3 unspecified atom stereocenters. The van der Waals surface area contributed by atoms with Crippen LogP contribution in [0, 0.1) is 0 Å². The Balaban J connectivity index is 1.69. The van der Waals surface area contributed by atoms with Gasteiger partial charge in [0.2, 0.25) is 0 Å². The van der Waals surface area contributed by atoms with Gasteiger partial charge in [-0.15, -0.1) is 0 Å². The van der Waals surface area contributed by atoms with E-state index in [2.05, 4.69) is 14.9 Å². The molecule has 0 saturated carbocycles. The van der Waals surface area contributed by atoms with Crippen molar-refractivity contribution in [2.24, 2.45) is 5.73 Å². The first-order valence-corrected chi connectivity index (χ1v) is 6.22. The van der Waals surface area contributed by atoms with Crippen molar-refractivity contribution < 1.29 is 4.74 Å². The Morgan fingerprint density at radius 2 is 2.41 bits per heavy atom. The molecular formula is C12H18N4O. The molecule has 17 heavy (non-hydrogen) atoms. The number of rotatable bonds is 2. The second kappa shape index (κ2) is 4.68. The third kappa shape index (κ3) is 2.18. The van der Waals surface area contributed by atoms with Crippen molar-refractivity contribution in [1.29, 1.82) is 0 Å². The SMILES string of the molecule is NC(c1cnccn1)C1CN2CCCC2CO1. The molecule has 92 valence electrons. The van der Waals surface area contributed by atoms with Gasteiger partial charge in [-0.2, -0.15) is 0 Å². The maximum atomic E-state index is 6.20. The minimum Gasteiger partial charge on any atom is -0.373 e. The third-order valence-corrected chi connectivity index (χ3v) is 3.74. The van der Waals surface area contributed by atoms with Crippen LogP contribution in [0.25, 0.3) is 0 Å². The summed E-state index contributed by atoms with van der Waals surface area (Å²) in [6, 6.07) is 0.436. The smallest absolute Gasteiger partial charge is 0.0911 e. The molecule has 3 rings (SSSR count). The fourth-order valence-corrected chi connectivity index (χ4v) is 2.73. The maximum absolute atomic E-state index is 6.20. The Kier molecular flexibility index (Phi) is 3.05. The number of fused-ring (bicyclic) bond motifs is 1. The van der Waals surface area contributed by atoms with Crippen molar-refractivity contribution >= 4 is 0 Å². The molecule has 0 amide bonds. The summed E-state index contributed by atoms with van der Waals surface area (Å²) in [7, 11) is 0. The van der Waals surface area contributed by atoms with Gasteiger partial charge in [-0.25, -0.2) is 0 Å². The van der Waals surface area contributed by atoms with E-state index < -0.39 is 0 Å². The van der Waals surface area contributed by atoms with Crippen molar-refractivity contribution in [1.82, 2.24) is 14.9 Å². The molecule has 2 N–H and O–H groups in total. The van der Waals surface area contributed by atoms with Crippen LogP contribution < -0.4 is 5.73 Å². The first-order valence-electron chi connectivity index (χ1n) is 6.22. The summed E-state index contributed by atoms with van der Waals surface area (Å²) in [6.45, 7) is 2.90. The average Bonchev–Trinajstić information content (AvgIpc) is 2.86. The molecule has 5 heteroatoms. The highest BCUT2D eigenvalue weighted by Crippen LogP contribution is 2.26. The lowest BCUT2D eigenvalue weighted by molar-refractivity contribution is -0.0602. The molecule has 3 heterocycles. The van der Waals surface area contributed by atoms with Crippen LogP contribution >= 0.6 is 0 Å². The van der Waals surface area contributed by atoms with Crippen molar-refractivity contribution in [2.45, 2.75) is 31.0 Å². The van der Waals surface area contributed by atoms with Gasteiger partial charge in [0.1, 0.15) is 0 Å². The fraction of sp³-hybridized carbons (Fsp3) is 0.667. The predicted octanol–water partition coefficient (Wildman–Crippen LogP) is 0.340. The molecule has 1 aromatic heterocycles. The van der Waals surface area contributed by atoms with E-state index in [0.29, 0.717) is 6.04 Å². The summed E-state index contributed by atoms with van der Waals surface area (Å²) in [5.74, 6) is 0. The molecule has 2 saturated heterocycles. The summed E-state index contributed by atoms with van der Waals surface area (Å²) in [4.78, 5) is 10.8. The van der Waals surface area contributed by atoms with Gasteiger partial charge in [-0.05, 0) is 19.4 Å². The molecular weight excluding hydrogens is 216 g/mol. The van der Waals surface area contributed by atoms with Crippen LogP contribution in [0.2, 0.25) is 0 Å². The zero-order valence-electron chi connectivity index (χ0n) is 9.83.